The summed E-state index contributed by atoms with van der Waals surface area (Å²) < 4.78 is 6.94. The first-order valence-corrected chi connectivity index (χ1v) is 7.96. The standard InChI is InChI=1S/C19H16N2O4/c1-19(2)10-16(23)25-17-12-6-4-3-5-11(12)14(9-13(17)19)21-8-7-15(22)20-18(21)24/h3-9H,10H2,1-2H3,(H,20,22,24). The predicted molar refractivity (Wildman–Crippen MR) is 93.4 cm³/mol. The van der Waals surface area contributed by atoms with Crippen LogP contribution in [0.25, 0.3) is 16.5 Å². The smallest absolute Gasteiger partial charge is 0.332 e. The van der Waals surface area contributed by atoms with Crippen LogP contribution >= 0.6 is 0 Å². The molecule has 0 aliphatic carbocycles. The summed E-state index contributed by atoms with van der Waals surface area (Å²) >= 11 is 0. The molecule has 0 fully saturated rings. The summed E-state index contributed by atoms with van der Waals surface area (Å²) in [6.07, 6.45) is 1.72. The molecule has 0 saturated heterocycles. The van der Waals surface area contributed by atoms with E-state index in [4.69, 9.17) is 4.74 Å². The Morgan fingerprint density at radius 3 is 2.52 bits per heavy atom. The number of carbonyl (C=O) groups is 1. The number of carbonyl (C=O) groups excluding carboxylic acids is 1. The van der Waals surface area contributed by atoms with E-state index < -0.39 is 16.7 Å². The van der Waals surface area contributed by atoms with E-state index in [1.807, 2.05) is 44.2 Å². The van der Waals surface area contributed by atoms with Crippen molar-refractivity contribution in [3.8, 4) is 11.4 Å². The number of rotatable bonds is 1. The second-order valence-electron chi connectivity index (χ2n) is 6.83. The van der Waals surface area contributed by atoms with Crippen LogP contribution in [0.2, 0.25) is 0 Å². The zero-order valence-electron chi connectivity index (χ0n) is 13.8. The first-order chi connectivity index (χ1) is 11.9. The molecule has 0 bridgehead atoms. The summed E-state index contributed by atoms with van der Waals surface area (Å²) in [6, 6.07) is 10.6. The monoisotopic (exact) mass is 336 g/mol. The van der Waals surface area contributed by atoms with Gasteiger partial charge in [0.25, 0.3) is 5.56 Å². The molecule has 4 rings (SSSR count). The molecule has 0 amide bonds. The van der Waals surface area contributed by atoms with Crippen molar-refractivity contribution in [2.75, 3.05) is 0 Å². The quantitative estimate of drug-likeness (QED) is 0.546. The summed E-state index contributed by atoms with van der Waals surface area (Å²) in [5, 5.41) is 1.52. The van der Waals surface area contributed by atoms with Crippen LogP contribution in [-0.2, 0) is 10.2 Å². The molecule has 3 aromatic rings. The minimum atomic E-state index is -0.511. The van der Waals surface area contributed by atoms with E-state index >= 15 is 0 Å². The van der Waals surface area contributed by atoms with Crippen molar-refractivity contribution in [1.82, 2.24) is 9.55 Å². The lowest BCUT2D eigenvalue weighted by Gasteiger charge is -2.32. The Balaban J connectivity index is 2.14. The summed E-state index contributed by atoms with van der Waals surface area (Å²) in [5.41, 5.74) is 0.122. The minimum absolute atomic E-state index is 0.262. The first-order valence-electron chi connectivity index (χ1n) is 7.96. The maximum Gasteiger partial charge on any atom is 0.332 e. The molecular formula is C19H16N2O4. The van der Waals surface area contributed by atoms with Crippen molar-refractivity contribution < 1.29 is 9.53 Å². The second-order valence-corrected chi connectivity index (χ2v) is 6.83. The molecular weight excluding hydrogens is 320 g/mol. The van der Waals surface area contributed by atoms with E-state index in [2.05, 4.69) is 4.98 Å². The van der Waals surface area contributed by atoms with E-state index in [0.29, 0.717) is 11.4 Å². The fraction of sp³-hybridized carbons (Fsp3) is 0.211. The van der Waals surface area contributed by atoms with Crippen LogP contribution in [0.4, 0.5) is 0 Å². The van der Waals surface area contributed by atoms with Crippen LogP contribution in [0.5, 0.6) is 5.75 Å². The Bertz CT molecular complexity index is 1140. The maximum atomic E-state index is 12.3. The summed E-state index contributed by atoms with van der Waals surface area (Å²) in [7, 11) is 0. The number of nitrogens with zero attached hydrogens (tertiary/aromatic N) is 1. The van der Waals surface area contributed by atoms with Gasteiger partial charge in [-0.2, -0.15) is 0 Å². The van der Waals surface area contributed by atoms with Crippen molar-refractivity contribution in [2.24, 2.45) is 0 Å². The number of aromatic nitrogens is 2. The summed E-state index contributed by atoms with van der Waals surface area (Å²) in [4.78, 5) is 38.0. The van der Waals surface area contributed by atoms with Gasteiger partial charge < -0.3 is 4.74 Å². The van der Waals surface area contributed by atoms with Crippen molar-refractivity contribution in [2.45, 2.75) is 25.7 Å². The molecule has 1 aromatic heterocycles. The Hall–Kier alpha value is -3.15. The zero-order valence-corrected chi connectivity index (χ0v) is 13.8. The van der Waals surface area contributed by atoms with E-state index in [-0.39, 0.29) is 12.4 Å². The number of benzene rings is 2. The molecule has 0 saturated carbocycles. The molecule has 2 heterocycles. The van der Waals surface area contributed by atoms with E-state index in [1.165, 1.54) is 16.8 Å². The van der Waals surface area contributed by atoms with Crippen LogP contribution in [0.15, 0.2) is 52.2 Å². The van der Waals surface area contributed by atoms with Crippen LogP contribution < -0.4 is 16.0 Å². The highest BCUT2D eigenvalue weighted by Gasteiger charge is 2.35. The molecule has 0 radical (unpaired) electrons. The maximum absolute atomic E-state index is 12.3. The van der Waals surface area contributed by atoms with Gasteiger partial charge in [-0.15, -0.1) is 0 Å². The van der Waals surface area contributed by atoms with Crippen LogP contribution in [0, 0.1) is 0 Å². The third-order valence-corrected chi connectivity index (χ3v) is 4.59. The van der Waals surface area contributed by atoms with Gasteiger partial charge >= 0.3 is 11.7 Å². The van der Waals surface area contributed by atoms with E-state index in [1.54, 1.807) is 0 Å². The van der Waals surface area contributed by atoms with Gasteiger partial charge in [-0.1, -0.05) is 38.1 Å². The summed E-state index contributed by atoms with van der Waals surface area (Å²) in [6.45, 7) is 3.95. The number of fused-ring (bicyclic) bond motifs is 3. The zero-order chi connectivity index (χ0) is 17.8. The van der Waals surface area contributed by atoms with Gasteiger partial charge in [0, 0.05) is 34.0 Å². The Morgan fingerprint density at radius 2 is 1.80 bits per heavy atom. The van der Waals surface area contributed by atoms with Gasteiger partial charge in [0.05, 0.1) is 12.1 Å². The number of hydrogen-bond donors (Lipinski definition) is 1. The SMILES string of the molecule is CC1(C)CC(=O)Oc2c1cc(-n1ccc(=O)[nH]c1=O)c1ccccc21. The highest BCUT2D eigenvalue weighted by atomic mass is 16.5. The molecule has 1 aliphatic rings. The van der Waals surface area contributed by atoms with Crippen molar-refractivity contribution in [3.05, 3.63) is 69.0 Å². The van der Waals surface area contributed by atoms with Crippen LogP contribution in [0.1, 0.15) is 25.8 Å². The third-order valence-electron chi connectivity index (χ3n) is 4.59. The van der Waals surface area contributed by atoms with Crippen molar-refractivity contribution in [1.29, 1.82) is 0 Å². The molecule has 6 nitrogen and oxygen atoms in total. The minimum Gasteiger partial charge on any atom is -0.426 e. The fourth-order valence-electron chi connectivity index (χ4n) is 3.35. The van der Waals surface area contributed by atoms with Crippen molar-refractivity contribution in [3.63, 3.8) is 0 Å². The lowest BCUT2D eigenvalue weighted by molar-refractivity contribution is -0.136. The lowest BCUT2D eigenvalue weighted by Crippen LogP contribution is -2.32. The highest BCUT2D eigenvalue weighted by Crippen LogP contribution is 2.44. The highest BCUT2D eigenvalue weighted by molar-refractivity contribution is 5.99. The number of esters is 1. The van der Waals surface area contributed by atoms with E-state index in [0.717, 1.165) is 16.3 Å². The molecule has 6 heteroatoms. The molecule has 1 N–H and O–H groups in total. The Morgan fingerprint density at radius 1 is 1.08 bits per heavy atom. The average Bonchev–Trinajstić information content (AvgIpc) is 2.54. The molecule has 0 spiro atoms. The number of aromatic amines is 1. The Kier molecular flexibility index (Phi) is 3.18. The number of hydrogen-bond acceptors (Lipinski definition) is 4. The second kappa shape index (κ2) is 5.17. The predicted octanol–water partition coefficient (Wildman–Crippen LogP) is 2.27. The molecule has 2 aromatic carbocycles. The van der Waals surface area contributed by atoms with Gasteiger partial charge in [0.15, 0.2) is 0 Å². The normalized spacial score (nSPS) is 15.7. The van der Waals surface area contributed by atoms with Crippen molar-refractivity contribution >= 4 is 16.7 Å². The van der Waals surface area contributed by atoms with Gasteiger partial charge in [0.2, 0.25) is 0 Å². The van der Waals surface area contributed by atoms with Gasteiger partial charge in [-0.3, -0.25) is 19.1 Å². The number of H-pyrrole nitrogens is 1. The molecule has 0 unspecified atom stereocenters. The van der Waals surface area contributed by atoms with Crippen LogP contribution in [-0.4, -0.2) is 15.5 Å². The first kappa shape index (κ1) is 15.4. The lowest BCUT2D eigenvalue weighted by atomic mass is 9.78. The summed E-state index contributed by atoms with van der Waals surface area (Å²) in [5.74, 6) is 0.273. The Labute approximate surface area is 142 Å². The van der Waals surface area contributed by atoms with Gasteiger partial charge in [0.1, 0.15) is 5.75 Å². The molecule has 25 heavy (non-hydrogen) atoms. The van der Waals surface area contributed by atoms with Crippen LogP contribution in [0.3, 0.4) is 0 Å². The topological polar surface area (TPSA) is 81.2 Å². The van der Waals surface area contributed by atoms with E-state index in [9.17, 15) is 14.4 Å². The molecule has 0 atom stereocenters. The fourth-order valence-corrected chi connectivity index (χ4v) is 3.35. The average molecular weight is 336 g/mol. The third kappa shape index (κ3) is 2.38. The van der Waals surface area contributed by atoms with Gasteiger partial charge in [-0.25, -0.2) is 4.79 Å². The largest absolute Gasteiger partial charge is 0.426 e. The number of ether oxygens (including phenoxy) is 1. The van der Waals surface area contributed by atoms with Gasteiger partial charge in [-0.05, 0) is 6.07 Å². The molecule has 1 aliphatic heterocycles. The number of nitrogens with one attached hydrogen (secondary N) is 1. The molecule has 126 valence electrons.